The molecule has 0 atom stereocenters. The molecule has 4 nitrogen and oxygen atoms in total. The van der Waals surface area contributed by atoms with Crippen molar-refractivity contribution in [2.24, 2.45) is 0 Å². The van der Waals surface area contributed by atoms with Crippen LogP contribution in [0.1, 0.15) is 31.3 Å². The summed E-state index contributed by atoms with van der Waals surface area (Å²) in [6, 6.07) is 1.79. The van der Waals surface area contributed by atoms with E-state index in [1.54, 1.807) is 12.3 Å². The molecule has 2 aromatic heterocycles. The van der Waals surface area contributed by atoms with Gasteiger partial charge in [-0.15, -0.1) is 0 Å². The first kappa shape index (κ1) is 13.6. The zero-order valence-corrected chi connectivity index (χ0v) is 13.2. The zero-order chi connectivity index (χ0) is 13.3. The standard InChI is InChI=1S/C12H12ClIN4/c1-6(2)10-9(14)11(13)18-12(17-10)8-4-5-15-7(3)16-8/h4-6H,1-3H3. The molecule has 94 valence electrons. The van der Waals surface area contributed by atoms with Crippen molar-refractivity contribution in [3.63, 3.8) is 0 Å². The van der Waals surface area contributed by atoms with Crippen LogP contribution in [0.4, 0.5) is 0 Å². The van der Waals surface area contributed by atoms with Crippen molar-refractivity contribution in [1.29, 1.82) is 0 Å². The van der Waals surface area contributed by atoms with Crippen molar-refractivity contribution in [2.75, 3.05) is 0 Å². The van der Waals surface area contributed by atoms with E-state index in [1.165, 1.54) is 0 Å². The number of aryl methyl sites for hydroxylation is 1. The Morgan fingerprint density at radius 3 is 2.56 bits per heavy atom. The molecular formula is C12H12ClIN4. The van der Waals surface area contributed by atoms with Crippen molar-refractivity contribution in [3.8, 4) is 11.5 Å². The van der Waals surface area contributed by atoms with Gasteiger partial charge in [0, 0.05) is 6.20 Å². The molecular weight excluding hydrogens is 363 g/mol. The van der Waals surface area contributed by atoms with Crippen LogP contribution in [0, 0.1) is 10.5 Å². The lowest BCUT2D eigenvalue weighted by Gasteiger charge is -2.10. The normalized spacial score (nSPS) is 11.0. The highest BCUT2D eigenvalue weighted by Crippen LogP contribution is 2.27. The Balaban J connectivity index is 2.59. The third-order valence-electron chi connectivity index (χ3n) is 2.39. The molecule has 0 bridgehead atoms. The summed E-state index contributed by atoms with van der Waals surface area (Å²) in [6.07, 6.45) is 1.70. The fraction of sp³-hybridized carbons (Fsp3) is 0.333. The lowest BCUT2D eigenvalue weighted by molar-refractivity contribution is 0.807. The summed E-state index contributed by atoms with van der Waals surface area (Å²) in [5, 5.41) is 0.473. The summed E-state index contributed by atoms with van der Waals surface area (Å²) >= 11 is 8.32. The van der Waals surface area contributed by atoms with E-state index in [0.717, 1.165) is 9.26 Å². The van der Waals surface area contributed by atoms with Gasteiger partial charge in [0.2, 0.25) is 0 Å². The molecule has 0 amide bonds. The van der Waals surface area contributed by atoms with Crippen molar-refractivity contribution < 1.29 is 0 Å². The number of halogens is 2. The zero-order valence-electron chi connectivity index (χ0n) is 10.3. The maximum Gasteiger partial charge on any atom is 0.180 e. The van der Waals surface area contributed by atoms with E-state index >= 15 is 0 Å². The van der Waals surface area contributed by atoms with Gasteiger partial charge in [-0.2, -0.15) is 0 Å². The quantitative estimate of drug-likeness (QED) is 0.595. The number of nitrogens with zero attached hydrogens (tertiary/aromatic N) is 4. The van der Waals surface area contributed by atoms with Crippen LogP contribution in [-0.4, -0.2) is 19.9 Å². The van der Waals surface area contributed by atoms with Crippen LogP contribution in [0.2, 0.25) is 5.15 Å². The van der Waals surface area contributed by atoms with Gasteiger partial charge in [-0.05, 0) is 41.5 Å². The van der Waals surface area contributed by atoms with Gasteiger partial charge in [-0.25, -0.2) is 19.9 Å². The lowest BCUT2D eigenvalue weighted by Crippen LogP contribution is -2.04. The minimum absolute atomic E-state index is 0.291. The smallest absolute Gasteiger partial charge is 0.180 e. The molecule has 0 spiro atoms. The molecule has 2 rings (SSSR count). The molecule has 2 heterocycles. The largest absolute Gasteiger partial charge is 0.242 e. The molecule has 0 aliphatic heterocycles. The van der Waals surface area contributed by atoms with Gasteiger partial charge in [0.25, 0.3) is 0 Å². The number of aromatic nitrogens is 4. The van der Waals surface area contributed by atoms with E-state index in [1.807, 2.05) is 6.92 Å². The molecule has 0 N–H and O–H groups in total. The van der Waals surface area contributed by atoms with E-state index in [4.69, 9.17) is 11.6 Å². The van der Waals surface area contributed by atoms with E-state index < -0.39 is 0 Å². The topological polar surface area (TPSA) is 51.6 Å². The van der Waals surface area contributed by atoms with Gasteiger partial charge in [0.15, 0.2) is 5.82 Å². The average molecular weight is 375 g/mol. The van der Waals surface area contributed by atoms with Gasteiger partial charge in [-0.1, -0.05) is 25.4 Å². The molecule has 0 radical (unpaired) electrons. The van der Waals surface area contributed by atoms with Gasteiger partial charge in [0.1, 0.15) is 16.7 Å². The molecule has 6 heteroatoms. The summed E-state index contributed by atoms with van der Waals surface area (Å²) in [6.45, 7) is 5.99. The minimum Gasteiger partial charge on any atom is -0.242 e. The van der Waals surface area contributed by atoms with Crippen LogP contribution < -0.4 is 0 Å². The number of hydrogen-bond donors (Lipinski definition) is 0. The summed E-state index contributed by atoms with van der Waals surface area (Å²) in [4.78, 5) is 17.2. The highest BCUT2D eigenvalue weighted by Gasteiger charge is 2.15. The second kappa shape index (κ2) is 5.44. The van der Waals surface area contributed by atoms with Crippen molar-refractivity contribution in [1.82, 2.24) is 19.9 Å². The Hall–Kier alpha value is -0.820. The molecule has 0 aromatic carbocycles. The first-order chi connectivity index (χ1) is 8.49. The number of rotatable bonds is 2. The summed E-state index contributed by atoms with van der Waals surface area (Å²) in [5.74, 6) is 1.53. The van der Waals surface area contributed by atoms with E-state index in [0.29, 0.717) is 28.4 Å². The first-order valence-corrected chi connectivity index (χ1v) is 6.97. The summed E-state index contributed by atoms with van der Waals surface area (Å²) < 4.78 is 0.902. The predicted octanol–water partition coefficient (Wildman–Crippen LogP) is 3.62. The van der Waals surface area contributed by atoms with Crippen LogP contribution in [0.15, 0.2) is 12.3 Å². The molecule has 0 fully saturated rings. The molecule has 18 heavy (non-hydrogen) atoms. The highest BCUT2D eigenvalue weighted by molar-refractivity contribution is 14.1. The average Bonchev–Trinajstić information content (AvgIpc) is 2.32. The Morgan fingerprint density at radius 1 is 1.22 bits per heavy atom. The van der Waals surface area contributed by atoms with Crippen molar-refractivity contribution in [2.45, 2.75) is 26.7 Å². The maximum absolute atomic E-state index is 6.15. The van der Waals surface area contributed by atoms with Crippen LogP contribution >= 0.6 is 34.2 Å². The fourth-order valence-electron chi connectivity index (χ4n) is 1.51. The maximum atomic E-state index is 6.15. The molecule has 0 saturated heterocycles. The summed E-state index contributed by atoms with van der Waals surface area (Å²) in [5.41, 5.74) is 1.64. The molecule has 0 saturated carbocycles. The van der Waals surface area contributed by atoms with E-state index in [2.05, 4.69) is 56.4 Å². The number of hydrogen-bond acceptors (Lipinski definition) is 4. The SMILES string of the molecule is Cc1nccc(-c2nc(Cl)c(I)c(C(C)C)n2)n1. The minimum atomic E-state index is 0.291. The van der Waals surface area contributed by atoms with Crippen LogP contribution in [0.25, 0.3) is 11.5 Å². The third-order valence-corrected chi connectivity index (χ3v) is 4.04. The molecule has 0 aliphatic rings. The first-order valence-electron chi connectivity index (χ1n) is 5.52. The Bertz CT molecular complexity index is 586. The third kappa shape index (κ3) is 2.77. The fourth-order valence-corrected chi connectivity index (χ4v) is 2.55. The molecule has 0 aliphatic carbocycles. The predicted molar refractivity (Wildman–Crippen MR) is 79.6 cm³/mol. The van der Waals surface area contributed by atoms with Gasteiger partial charge >= 0.3 is 0 Å². The molecule has 2 aromatic rings. The van der Waals surface area contributed by atoms with E-state index in [9.17, 15) is 0 Å². The highest BCUT2D eigenvalue weighted by atomic mass is 127. The Kier molecular flexibility index (Phi) is 4.11. The van der Waals surface area contributed by atoms with Crippen molar-refractivity contribution in [3.05, 3.63) is 32.5 Å². The van der Waals surface area contributed by atoms with Crippen molar-refractivity contribution >= 4 is 34.2 Å². The lowest BCUT2D eigenvalue weighted by atomic mass is 10.1. The monoisotopic (exact) mass is 374 g/mol. The van der Waals surface area contributed by atoms with Gasteiger partial charge in [-0.3, -0.25) is 0 Å². The summed E-state index contributed by atoms with van der Waals surface area (Å²) in [7, 11) is 0. The molecule has 0 unspecified atom stereocenters. The van der Waals surface area contributed by atoms with Crippen LogP contribution in [-0.2, 0) is 0 Å². The van der Waals surface area contributed by atoms with Crippen LogP contribution in [0.5, 0.6) is 0 Å². The Labute approximate surface area is 124 Å². The second-order valence-electron chi connectivity index (χ2n) is 4.18. The Morgan fingerprint density at radius 2 is 1.94 bits per heavy atom. The second-order valence-corrected chi connectivity index (χ2v) is 5.62. The van der Waals surface area contributed by atoms with Gasteiger partial charge < -0.3 is 0 Å². The van der Waals surface area contributed by atoms with Crippen LogP contribution in [0.3, 0.4) is 0 Å². The van der Waals surface area contributed by atoms with Gasteiger partial charge in [0.05, 0.1) is 9.26 Å². The van der Waals surface area contributed by atoms with E-state index in [-0.39, 0.29) is 0 Å².